The Labute approximate surface area is 106 Å². The van der Waals surface area contributed by atoms with Crippen molar-refractivity contribution in [3.8, 4) is 0 Å². The molecule has 1 N–H and O–H groups in total. The summed E-state index contributed by atoms with van der Waals surface area (Å²) in [5, 5.41) is 4.01. The van der Waals surface area contributed by atoms with Crippen molar-refractivity contribution in [3.63, 3.8) is 0 Å². The van der Waals surface area contributed by atoms with Crippen LogP contribution in [0, 0.1) is 0 Å². The minimum Gasteiger partial charge on any atom is -0.465 e. The van der Waals surface area contributed by atoms with E-state index in [1.54, 1.807) is 0 Å². The maximum Gasteiger partial charge on any atom is 0.323 e. The molecule has 1 aliphatic heterocycles. The lowest BCUT2D eigenvalue weighted by Crippen LogP contribution is -2.33. The molecule has 0 radical (unpaired) electrons. The Kier molecular flexibility index (Phi) is 4.02. The number of esters is 1. The third-order valence-electron chi connectivity index (χ3n) is 2.97. The number of carbonyl (C=O) groups excluding carboxylic acids is 1. The number of hydrogen-bond donors (Lipinski definition) is 1. The van der Waals surface area contributed by atoms with Crippen LogP contribution in [-0.4, -0.2) is 18.6 Å². The molecule has 1 aromatic rings. The highest BCUT2D eigenvalue weighted by Crippen LogP contribution is 2.28. The maximum atomic E-state index is 11.6. The van der Waals surface area contributed by atoms with Gasteiger partial charge in [-0.25, -0.2) is 0 Å². The molecule has 0 saturated carbocycles. The summed E-state index contributed by atoms with van der Waals surface area (Å²) >= 11 is 5.95. The third-order valence-corrected chi connectivity index (χ3v) is 3.20. The van der Waals surface area contributed by atoms with Crippen LogP contribution in [0.2, 0.25) is 5.02 Å². The summed E-state index contributed by atoms with van der Waals surface area (Å²) < 4.78 is 5.01. The molecule has 0 amide bonds. The zero-order valence-electron chi connectivity index (χ0n) is 9.78. The zero-order chi connectivity index (χ0) is 12.3. The minimum absolute atomic E-state index is 0.156. The largest absolute Gasteiger partial charge is 0.465 e. The number of nitrogens with one attached hydrogen (secondary N) is 1. The van der Waals surface area contributed by atoms with Gasteiger partial charge in [0.15, 0.2) is 0 Å². The van der Waals surface area contributed by atoms with Gasteiger partial charge in [0.25, 0.3) is 0 Å². The van der Waals surface area contributed by atoms with Gasteiger partial charge in [-0.3, -0.25) is 10.1 Å². The van der Waals surface area contributed by atoms with E-state index in [-0.39, 0.29) is 18.1 Å². The number of benzene rings is 1. The lowest BCUT2D eigenvalue weighted by atomic mass is 10.1. The second-order valence-electron chi connectivity index (χ2n) is 4.16. The van der Waals surface area contributed by atoms with Crippen molar-refractivity contribution in [1.82, 2.24) is 5.32 Å². The molecule has 2 atom stereocenters. The van der Waals surface area contributed by atoms with Crippen LogP contribution in [0.4, 0.5) is 0 Å². The first-order valence-corrected chi connectivity index (χ1v) is 6.26. The molecule has 0 aromatic heterocycles. The normalized spacial score (nSPS) is 23.6. The van der Waals surface area contributed by atoms with Crippen molar-refractivity contribution >= 4 is 17.6 Å². The standard InChI is InChI=1S/C13H16ClNO2/c1-2-17-13(16)12-7-6-11(15-12)9-4-3-5-10(14)8-9/h3-5,8,11-12,15H,2,6-7H2,1H3/t11-,12+/m0/s1. The average Bonchev–Trinajstić information content (AvgIpc) is 2.78. The van der Waals surface area contributed by atoms with Gasteiger partial charge in [0.2, 0.25) is 0 Å². The highest BCUT2D eigenvalue weighted by atomic mass is 35.5. The molecule has 1 saturated heterocycles. The molecule has 1 aromatic carbocycles. The van der Waals surface area contributed by atoms with Crippen LogP contribution >= 0.6 is 11.6 Å². The molecule has 1 fully saturated rings. The van der Waals surface area contributed by atoms with Crippen molar-refractivity contribution in [2.24, 2.45) is 0 Å². The van der Waals surface area contributed by atoms with Crippen LogP contribution in [0.25, 0.3) is 0 Å². The fourth-order valence-corrected chi connectivity index (χ4v) is 2.36. The molecule has 17 heavy (non-hydrogen) atoms. The quantitative estimate of drug-likeness (QED) is 0.842. The highest BCUT2D eigenvalue weighted by molar-refractivity contribution is 6.30. The smallest absolute Gasteiger partial charge is 0.323 e. The van der Waals surface area contributed by atoms with Gasteiger partial charge in [-0.15, -0.1) is 0 Å². The van der Waals surface area contributed by atoms with Crippen LogP contribution in [0.1, 0.15) is 31.4 Å². The van der Waals surface area contributed by atoms with E-state index in [1.165, 1.54) is 0 Å². The summed E-state index contributed by atoms with van der Waals surface area (Å²) in [4.78, 5) is 11.6. The number of hydrogen-bond acceptors (Lipinski definition) is 3. The predicted molar refractivity (Wildman–Crippen MR) is 67.0 cm³/mol. The van der Waals surface area contributed by atoms with E-state index in [9.17, 15) is 4.79 Å². The van der Waals surface area contributed by atoms with Gasteiger partial charge in [0, 0.05) is 11.1 Å². The van der Waals surface area contributed by atoms with Gasteiger partial charge in [0.05, 0.1) is 6.61 Å². The third kappa shape index (κ3) is 2.99. The summed E-state index contributed by atoms with van der Waals surface area (Å²) in [7, 11) is 0. The molecule has 1 aliphatic rings. The van der Waals surface area contributed by atoms with Crippen molar-refractivity contribution < 1.29 is 9.53 Å². The fourth-order valence-electron chi connectivity index (χ4n) is 2.16. The Hall–Kier alpha value is -1.06. The van der Waals surface area contributed by atoms with Gasteiger partial charge >= 0.3 is 5.97 Å². The summed E-state index contributed by atoms with van der Waals surface area (Å²) in [6.07, 6.45) is 1.75. The molecule has 4 heteroatoms. The lowest BCUT2D eigenvalue weighted by Gasteiger charge is -2.14. The lowest BCUT2D eigenvalue weighted by molar-refractivity contribution is -0.145. The second-order valence-corrected chi connectivity index (χ2v) is 4.59. The molecule has 1 heterocycles. The van der Waals surface area contributed by atoms with Gasteiger partial charge in [-0.2, -0.15) is 0 Å². The van der Waals surface area contributed by atoms with Crippen molar-refractivity contribution in [1.29, 1.82) is 0 Å². The van der Waals surface area contributed by atoms with Crippen LogP contribution in [0.5, 0.6) is 0 Å². The van der Waals surface area contributed by atoms with E-state index in [2.05, 4.69) is 5.32 Å². The van der Waals surface area contributed by atoms with E-state index >= 15 is 0 Å². The minimum atomic E-state index is -0.182. The van der Waals surface area contributed by atoms with E-state index in [0.29, 0.717) is 6.61 Å². The molecule has 92 valence electrons. The summed E-state index contributed by atoms with van der Waals surface area (Å²) in [5.41, 5.74) is 1.13. The molecule has 0 spiro atoms. The highest BCUT2D eigenvalue weighted by Gasteiger charge is 2.30. The molecule has 3 nitrogen and oxygen atoms in total. The summed E-state index contributed by atoms with van der Waals surface area (Å²) in [6.45, 7) is 2.25. The Balaban J connectivity index is 2.00. The molecule has 0 aliphatic carbocycles. The first-order valence-electron chi connectivity index (χ1n) is 5.89. The van der Waals surface area contributed by atoms with Crippen LogP contribution in [-0.2, 0) is 9.53 Å². The van der Waals surface area contributed by atoms with Crippen molar-refractivity contribution in [3.05, 3.63) is 34.9 Å². The Morgan fingerprint density at radius 3 is 3.06 bits per heavy atom. The maximum absolute atomic E-state index is 11.6. The number of halogens is 1. The molecular formula is C13H16ClNO2. The average molecular weight is 254 g/mol. The van der Waals surface area contributed by atoms with E-state index in [0.717, 1.165) is 23.4 Å². The Morgan fingerprint density at radius 1 is 1.53 bits per heavy atom. The molecule has 2 rings (SSSR count). The van der Waals surface area contributed by atoms with Gasteiger partial charge < -0.3 is 4.74 Å². The zero-order valence-corrected chi connectivity index (χ0v) is 10.5. The first-order chi connectivity index (χ1) is 8.20. The molecular weight excluding hydrogens is 238 g/mol. The van der Waals surface area contributed by atoms with E-state index < -0.39 is 0 Å². The predicted octanol–water partition coefficient (Wildman–Crippen LogP) is 2.70. The monoisotopic (exact) mass is 253 g/mol. The van der Waals surface area contributed by atoms with Crippen molar-refractivity contribution in [2.75, 3.05) is 6.61 Å². The first kappa shape index (κ1) is 12.4. The van der Waals surface area contributed by atoms with Gasteiger partial charge in [-0.05, 0) is 37.5 Å². The fraction of sp³-hybridized carbons (Fsp3) is 0.462. The SMILES string of the molecule is CCOC(=O)[C@H]1CC[C@@H](c2cccc(Cl)c2)N1. The topological polar surface area (TPSA) is 38.3 Å². The van der Waals surface area contributed by atoms with Crippen LogP contribution in [0.3, 0.4) is 0 Å². The van der Waals surface area contributed by atoms with Gasteiger partial charge in [0.1, 0.15) is 6.04 Å². The molecule has 0 bridgehead atoms. The van der Waals surface area contributed by atoms with Crippen molar-refractivity contribution in [2.45, 2.75) is 31.8 Å². The number of ether oxygens (including phenoxy) is 1. The summed E-state index contributed by atoms with van der Waals surface area (Å²) in [5.74, 6) is -0.156. The van der Waals surface area contributed by atoms with E-state index in [4.69, 9.17) is 16.3 Å². The second kappa shape index (κ2) is 5.52. The Bertz CT molecular complexity index is 408. The van der Waals surface area contributed by atoms with Gasteiger partial charge in [-0.1, -0.05) is 23.7 Å². The van der Waals surface area contributed by atoms with E-state index in [1.807, 2.05) is 31.2 Å². The number of rotatable bonds is 3. The Morgan fingerprint density at radius 2 is 2.35 bits per heavy atom. The molecule has 0 unspecified atom stereocenters. The number of carbonyl (C=O) groups is 1. The summed E-state index contributed by atoms with van der Waals surface area (Å²) in [6, 6.07) is 7.76. The van der Waals surface area contributed by atoms with Crippen LogP contribution < -0.4 is 5.32 Å². The van der Waals surface area contributed by atoms with Crippen LogP contribution in [0.15, 0.2) is 24.3 Å².